The molecule has 4 aromatic rings. The Kier molecular flexibility index (Phi) is 7.59. The minimum atomic E-state index is -4.45. The Bertz CT molecular complexity index is 1670. The Hall–Kier alpha value is -4.57. The van der Waals surface area contributed by atoms with Crippen LogP contribution < -0.4 is 10.2 Å². The lowest BCUT2D eigenvalue weighted by atomic mass is 9.80. The van der Waals surface area contributed by atoms with Crippen molar-refractivity contribution in [3.63, 3.8) is 0 Å². The third-order valence-corrected chi connectivity index (χ3v) is 8.50. The molecule has 1 aliphatic rings. The molecule has 0 aliphatic carbocycles. The van der Waals surface area contributed by atoms with Crippen molar-refractivity contribution < 1.29 is 18.0 Å². The Balaban J connectivity index is 1.35. The van der Waals surface area contributed by atoms with Crippen molar-refractivity contribution in [2.45, 2.75) is 57.9 Å². The number of fused-ring (bicyclic) bond motifs is 1. The van der Waals surface area contributed by atoms with E-state index < -0.39 is 17.8 Å². The number of halogens is 3. The Morgan fingerprint density at radius 1 is 1.00 bits per heavy atom. The first-order valence-electron chi connectivity index (χ1n) is 13.9. The maximum absolute atomic E-state index is 13.2. The van der Waals surface area contributed by atoms with E-state index in [1.165, 1.54) is 6.07 Å². The molecule has 1 amide bonds. The van der Waals surface area contributed by atoms with Crippen LogP contribution in [0.2, 0.25) is 0 Å². The van der Waals surface area contributed by atoms with Gasteiger partial charge in [0, 0.05) is 29.3 Å². The van der Waals surface area contributed by atoms with Crippen molar-refractivity contribution >= 4 is 11.6 Å². The highest BCUT2D eigenvalue weighted by Crippen LogP contribution is 2.46. The lowest BCUT2D eigenvalue weighted by molar-refractivity contribution is -0.137. The predicted molar refractivity (Wildman–Crippen MR) is 159 cm³/mol. The minimum Gasteiger partial charge on any atom is -0.363 e. The molecule has 1 unspecified atom stereocenters. The standard InChI is InChI=1S/C35H32F3N3O/c1-22(26-9-7-10-29(18-26)35(36,37)38)40-33(42)27-16-17-32-31(19-27)34(3,4)23(2)41(32)21-24-12-14-25(15-13-24)30-11-6-5-8-28(30)20-39/h5-19,22-23H,21H2,1-4H3,(H,40,42)/t22-,23?/m0/s1. The van der Waals surface area contributed by atoms with Crippen LogP contribution in [0.15, 0.2) is 91.0 Å². The molecule has 1 N–H and O–H groups in total. The van der Waals surface area contributed by atoms with Gasteiger partial charge in [-0.05, 0) is 78.1 Å². The molecule has 4 nitrogen and oxygen atoms in total. The van der Waals surface area contributed by atoms with Crippen LogP contribution in [-0.4, -0.2) is 11.9 Å². The second kappa shape index (κ2) is 11.0. The molecule has 42 heavy (non-hydrogen) atoms. The lowest BCUT2D eigenvalue weighted by Crippen LogP contribution is -2.38. The molecule has 0 saturated carbocycles. The van der Waals surface area contributed by atoms with E-state index in [9.17, 15) is 23.2 Å². The molecule has 214 valence electrons. The van der Waals surface area contributed by atoms with Crippen LogP contribution in [-0.2, 0) is 18.1 Å². The van der Waals surface area contributed by atoms with Crippen LogP contribution in [0.4, 0.5) is 18.9 Å². The lowest BCUT2D eigenvalue weighted by Gasteiger charge is -2.31. The smallest absolute Gasteiger partial charge is 0.363 e. The highest BCUT2D eigenvalue weighted by atomic mass is 19.4. The van der Waals surface area contributed by atoms with Crippen molar-refractivity contribution in [1.82, 2.24) is 5.32 Å². The number of anilines is 1. The van der Waals surface area contributed by atoms with Crippen molar-refractivity contribution in [3.8, 4) is 17.2 Å². The number of nitrogens with zero attached hydrogens (tertiary/aromatic N) is 2. The SMILES string of the molecule is CC1N(Cc2ccc(-c3ccccc3C#N)cc2)c2ccc(C(=O)N[C@@H](C)c3cccc(C(F)(F)F)c3)cc2C1(C)C. The fourth-order valence-electron chi connectivity index (χ4n) is 5.66. The zero-order chi connectivity index (χ0) is 30.2. The summed E-state index contributed by atoms with van der Waals surface area (Å²) >= 11 is 0. The molecule has 1 heterocycles. The molecule has 0 saturated heterocycles. The summed E-state index contributed by atoms with van der Waals surface area (Å²) in [7, 11) is 0. The van der Waals surface area contributed by atoms with Crippen LogP contribution in [0.3, 0.4) is 0 Å². The maximum Gasteiger partial charge on any atom is 0.416 e. The van der Waals surface area contributed by atoms with Crippen LogP contribution in [0.1, 0.15) is 71.9 Å². The summed E-state index contributed by atoms with van der Waals surface area (Å²) in [4.78, 5) is 15.5. The van der Waals surface area contributed by atoms with Gasteiger partial charge in [0.2, 0.25) is 0 Å². The first-order valence-corrected chi connectivity index (χ1v) is 13.9. The number of amides is 1. The van der Waals surface area contributed by atoms with E-state index in [4.69, 9.17) is 0 Å². The van der Waals surface area contributed by atoms with Gasteiger partial charge >= 0.3 is 6.18 Å². The maximum atomic E-state index is 13.2. The highest BCUT2D eigenvalue weighted by Gasteiger charge is 2.42. The third kappa shape index (κ3) is 5.49. The monoisotopic (exact) mass is 567 g/mol. The summed E-state index contributed by atoms with van der Waals surface area (Å²) in [6.07, 6.45) is -4.45. The van der Waals surface area contributed by atoms with Crippen LogP contribution in [0.25, 0.3) is 11.1 Å². The van der Waals surface area contributed by atoms with E-state index in [-0.39, 0.29) is 17.4 Å². The summed E-state index contributed by atoms with van der Waals surface area (Å²) in [5.41, 5.74) is 5.63. The van der Waals surface area contributed by atoms with Gasteiger partial charge < -0.3 is 10.2 Å². The number of hydrogen-bond acceptors (Lipinski definition) is 3. The fraction of sp³-hybridized carbons (Fsp3) is 0.257. The van der Waals surface area contributed by atoms with Gasteiger partial charge in [-0.3, -0.25) is 4.79 Å². The first-order chi connectivity index (χ1) is 19.9. The number of alkyl halides is 3. The predicted octanol–water partition coefficient (Wildman–Crippen LogP) is 8.42. The number of hydrogen-bond donors (Lipinski definition) is 1. The van der Waals surface area contributed by atoms with Gasteiger partial charge in [-0.1, -0.05) is 68.4 Å². The van der Waals surface area contributed by atoms with E-state index >= 15 is 0 Å². The quantitative estimate of drug-likeness (QED) is 0.254. The molecular weight excluding hydrogens is 535 g/mol. The zero-order valence-electron chi connectivity index (χ0n) is 24.0. The Labute approximate surface area is 244 Å². The summed E-state index contributed by atoms with van der Waals surface area (Å²) in [5, 5.41) is 12.3. The molecule has 2 atom stereocenters. The van der Waals surface area contributed by atoms with Crippen LogP contribution >= 0.6 is 0 Å². The second-order valence-corrected chi connectivity index (χ2v) is 11.4. The summed E-state index contributed by atoms with van der Waals surface area (Å²) in [6.45, 7) is 8.85. The molecule has 0 fully saturated rings. The second-order valence-electron chi connectivity index (χ2n) is 11.4. The van der Waals surface area contributed by atoms with E-state index in [0.717, 1.165) is 40.1 Å². The third-order valence-electron chi connectivity index (χ3n) is 8.50. The molecule has 5 rings (SSSR count). The highest BCUT2D eigenvalue weighted by molar-refractivity contribution is 5.95. The Morgan fingerprint density at radius 2 is 1.71 bits per heavy atom. The van der Waals surface area contributed by atoms with E-state index in [0.29, 0.717) is 23.2 Å². The number of nitrogens with one attached hydrogen (secondary N) is 1. The van der Waals surface area contributed by atoms with Gasteiger partial charge in [0.15, 0.2) is 0 Å². The van der Waals surface area contributed by atoms with Crippen molar-refractivity contribution in [3.05, 3.63) is 124 Å². The van der Waals surface area contributed by atoms with E-state index in [2.05, 4.69) is 49.2 Å². The topological polar surface area (TPSA) is 56.1 Å². The summed E-state index contributed by atoms with van der Waals surface area (Å²) in [5.74, 6) is -0.335. The van der Waals surface area contributed by atoms with Crippen molar-refractivity contribution in [1.29, 1.82) is 5.26 Å². The van der Waals surface area contributed by atoms with Crippen LogP contribution in [0, 0.1) is 11.3 Å². The normalized spacial score (nSPS) is 16.4. The molecule has 1 aliphatic heterocycles. The van der Waals surface area contributed by atoms with Crippen LogP contribution in [0.5, 0.6) is 0 Å². The van der Waals surface area contributed by atoms with E-state index in [1.54, 1.807) is 19.1 Å². The van der Waals surface area contributed by atoms with Gasteiger partial charge in [-0.2, -0.15) is 18.4 Å². The zero-order valence-corrected chi connectivity index (χ0v) is 24.0. The number of rotatable bonds is 6. The number of benzene rings is 4. The van der Waals surface area contributed by atoms with Crippen molar-refractivity contribution in [2.75, 3.05) is 4.90 Å². The number of carbonyl (C=O) groups excluding carboxylic acids is 1. The average molecular weight is 568 g/mol. The Morgan fingerprint density at radius 3 is 2.40 bits per heavy atom. The van der Waals surface area contributed by atoms with Gasteiger partial charge in [-0.15, -0.1) is 0 Å². The summed E-state index contributed by atoms with van der Waals surface area (Å²) in [6, 6.07) is 28.3. The number of carbonyl (C=O) groups is 1. The fourth-order valence-corrected chi connectivity index (χ4v) is 5.66. The van der Waals surface area contributed by atoms with Gasteiger partial charge in [0.1, 0.15) is 0 Å². The average Bonchev–Trinajstić information content (AvgIpc) is 3.17. The molecule has 0 bridgehead atoms. The molecule has 0 spiro atoms. The minimum absolute atomic E-state index is 0.147. The molecule has 0 aromatic heterocycles. The first kappa shape index (κ1) is 28.9. The van der Waals surface area contributed by atoms with Gasteiger partial charge in [0.05, 0.1) is 23.2 Å². The largest absolute Gasteiger partial charge is 0.416 e. The van der Waals surface area contributed by atoms with E-state index in [1.807, 2.05) is 48.5 Å². The molecule has 7 heteroatoms. The molecule has 4 aromatic carbocycles. The number of nitriles is 1. The molecular formula is C35H32F3N3O. The molecule has 0 radical (unpaired) electrons. The van der Waals surface area contributed by atoms with Crippen molar-refractivity contribution in [2.24, 2.45) is 0 Å². The summed E-state index contributed by atoms with van der Waals surface area (Å²) < 4.78 is 39.5. The van der Waals surface area contributed by atoms with Gasteiger partial charge in [-0.25, -0.2) is 0 Å². The van der Waals surface area contributed by atoms with Gasteiger partial charge in [0.25, 0.3) is 5.91 Å².